The molecule has 0 aliphatic carbocycles. The Morgan fingerprint density at radius 3 is 2.62 bits per heavy atom. The first-order chi connectivity index (χ1) is 7.61. The van der Waals surface area contributed by atoms with Crippen LogP contribution in [0, 0.1) is 13.8 Å². The van der Waals surface area contributed by atoms with Crippen molar-refractivity contribution in [1.29, 1.82) is 0 Å². The summed E-state index contributed by atoms with van der Waals surface area (Å²) in [6.45, 7) is 6.22. The summed E-state index contributed by atoms with van der Waals surface area (Å²) in [5, 5.41) is 0. The number of aryl methyl sites for hydroxylation is 2. The van der Waals surface area contributed by atoms with E-state index in [9.17, 15) is 0 Å². The second kappa shape index (κ2) is 4.42. The van der Waals surface area contributed by atoms with Gasteiger partial charge in [0.15, 0.2) is 4.67 Å². The summed E-state index contributed by atoms with van der Waals surface area (Å²) in [5.41, 5.74) is 4.49. The van der Waals surface area contributed by atoms with Gasteiger partial charge in [-0.25, -0.2) is 0 Å². The Kier molecular flexibility index (Phi) is 3.15. The Hall–Kier alpha value is -1.09. The lowest BCUT2D eigenvalue weighted by Crippen LogP contribution is -1.96. The highest BCUT2D eigenvalue weighted by Gasteiger charge is 2.10. The molecule has 0 bridgehead atoms. The van der Waals surface area contributed by atoms with Crippen LogP contribution in [0.5, 0.6) is 0 Å². The standard InChI is InChI=1S/C13H14BrNO/c1-4-10-7-11(8(2)9(3)15-10)12-5-6-13(14)16-12/h5-7H,4H2,1-3H3. The maximum absolute atomic E-state index is 5.59. The van der Waals surface area contributed by atoms with Gasteiger partial charge in [-0.1, -0.05) is 6.92 Å². The predicted octanol–water partition coefficient (Wildman–Crippen LogP) is 4.28. The van der Waals surface area contributed by atoms with Gasteiger partial charge in [-0.15, -0.1) is 0 Å². The third-order valence-electron chi connectivity index (χ3n) is 2.77. The molecule has 0 saturated heterocycles. The van der Waals surface area contributed by atoms with Gasteiger partial charge in [-0.3, -0.25) is 4.98 Å². The van der Waals surface area contributed by atoms with Crippen LogP contribution in [0.25, 0.3) is 11.3 Å². The van der Waals surface area contributed by atoms with Gasteiger partial charge in [0.1, 0.15) is 5.76 Å². The first-order valence-electron chi connectivity index (χ1n) is 5.34. The average molecular weight is 280 g/mol. The zero-order valence-electron chi connectivity index (χ0n) is 9.67. The van der Waals surface area contributed by atoms with E-state index in [1.54, 1.807) is 0 Å². The van der Waals surface area contributed by atoms with Crippen LogP contribution in [0.3, 0.4) is 0 Å². The van der Waals surface area contributed by atoms with E-state index in [4.69, 9.17) is 4.42 Å². The molecule has 0 aliphatic heterocycles. The molecule has 0 radical (unpaired) electrons. The highest BCUT2D eigenvalue weighted by Crippen LogP contribution is 2.29. The molecule has 2 rings (SSSR count). The van der Waals surface area contributed by atoms with Crippen molar-refractivity contribution in [3.63, 3.8) is 0 Å². The summed E-state index contributed by atoms with van der Waals surface area (Å²) in [6, 6.07) is 6.00. The lowest BCUT2D eigenvalue weighted by Gasteiger charge is -2.08. The van der Waals surface area contributed by atoms with Crippen LogP contribution in [-0.4, -0.2) is 4.98 Å². The van der Waals surface area contributed by atoms with E-state index in [0.717, 1.165) is 33.8 Å². The van der Waals surface area contributed by atoms with Crippen LogP contribution < -0.4 is 0 Å². The van der Waals surface area contributed by atoms with Crippen molar-refractivity contribution in [2.45, 2.75) is 27.2 Å². The molecule has 2 nitrogen and oxygen atoms in total. The highest BCUT2D eigenvalue weighted by molar-refractivity contribution is 9.10. The van der Waals surface area contributed by atoms with Gasteiger partial charge in [0.05, 0.1) is 0 Å². The minimum absolute atomic E-state index is 0.759. The van der Waals surface area contributed by atoms with Gasteiger partial charge >= 0.3 is 0 Å². The fraction of sp³-hybridized carbons (Fsp3) is 0.308. The van der Waals surface area contributed by atoms with Crippen molar-refractivity contribution in [2.24, 2.45) is 0 Å². The first-order valence-corrected chi connectivity index (χ1v) is 6.14. The van der Waals surface area contributed by atoms with Gasteiger partial charge in [0, 0.05) is 17.0 Å². The zero-order chi connectivity index (χ0) is 11.7. The van der Waals surface area contributed by atoms with Crippen LogP contribution in [-0.2, 0) is 6.42 Å². The summed E-state index contributed by atoms with van der Waals surface area (Å²) in [7, 11) is 0. The molecule has 0 aliphatic rings. The number of pyridine rings is 1. The van der Waals surface area contributed by atoms with Crippen molar-refractivity contribution in [3.8, 4) is 11.3 Å². The molecular weight excluding hydrogens is 266 g/mol. The number of nitrogens with zero attached hydrogens (tertiary/aromatic N) is 1. The molecule has 2 aromatic heterocycles. The van der Waals surface area contributed by atoms with Crippen LogP contribution in [0.2, 0.25) is 0 Å². The van der Waals surface area contributed by atoms with Crippen molar-refractivity contribution >= 4 is 15.9 Å². The largest absolute Gasteiger partial charge is 0.449 e. The number of rotatable bonds is 2. The summed E-state index contributed by atoms with van der Waals surface area (Å²) in [4.78, 5) is 4.53. The predicted molar refractivity (Wildman–Crippen MR) is 68.5 cm³/mol. The third kappa shape index (κ3) is 2.05. The summed E-state index contributed by atoms with van der Waals surface area (Å²) >= 11 is 3.33. The topological polar surface area (TPSA) is 26.0 Å². The van der Waals surface area contributed by atoms with Gasteiger partial charge < -0.3 is 4.42 Å². The van der Waals surface area contributed by atoms with E-state index in [1.165, 1.54) is 5.56 Å². The fourth-order valence-electron chi connectivity index (χ4n) is 1.70. The molecule has 0 fully saturated rings. The maximum Gasteiger partial charge on any atom is 0.169 e. The minimum atomic E-state index is 0.759. The molecule has 0 spiro atoms. The Morgan fingerprint density at radius 2 is 2.06 bits per heavy atom. The van der Waals surface area contributed by atoms with Gasteiger partial charge in [-0.05, 0) is 60.0 Å². The number of hydrogen-bond donors (Lipinski definition) is 0. The van der Waals surface area contributed by atoms with E-state index in [2.05, 4.69) is 40.8 Å². The summed E-state index contributed by atoms with van der Waals surface area (Å²) < 4.78 is 6.35. The fourth-order valence-corrected chi connectivity index (χ4v) is 2.00. The second-order valence-electron chi connectivity index (χ2n) is 3.83. The van der Waals surface area contributed by atoms with E-state index in [0.29, 0.717) is 0 Å². The number of aromatic nitrogens is 1. The highest BCUT2D eigenvalue weighted by atomic mass is 79.9. The molecule has 16 heavy (non-hydrogen) atoms. The van der Waals surface area contributed by atoms with Crippen LogP contribution >= 0.6 is 15.9 Å². The third-order valence-corrected chi connectivity index (χ3v) is 3.20. The SMILES string of the molecule is CCc1cc(-c2ccc(Br)o2)c(C)c(C)n1. The van der Waals surface area contributed by atoms with E-state index in [-0.39, 0.29) is 0 Å². The lowest BCUT2D eigenvalue weighted by molar-refractivity contribution is 0.555. The maximum atomic E-state index is 5.59. The van der Waals surface area contributed by atoms with Gasteiger partial charge in [0.2, 0.25) is 0 Å². The molecular formula is C13H14BrNO. The quantitative estimate of drug-likeness (QED) is 0.820. The van der Waals surface area contributed by atoms with Crippen molar-refractivity contribution < 1.29 is 4.42 Å². The van der Waals surface area contributed by atoms with Crippen molar-refractivity contribution in [2.75, 3.05) is 0 Å². The smallest absolute Gasteiger partial charge is 0.169 e. The van der Waals surface area contributed by atoms with E-state index in [1.807, 2.05) is 19.1 Å². The van der Waals surface area contributed by atoms with Crippen LogP contribution in [0.1, 0.15) is 23.9 Å². The first kappa shape index (κ1) is 11.4. The van der Waals surface area contributed by atoms with Crippen molar-refractivity contribution in [1.82, 2.24) is 4.98 Å². The number of hydrogen-bond acceptors (Lipinski definition) is 2. The van der Waals surface area contributed by atoms with E-state index >= 15 is 0 Å². The average Bonchev–Trinajstić information content (AvgIpc) is 2.68. The molecule has 3 heteroatoms. The number of halogens is 1. The van der Waals surface area contributed by atoms with Crippen LogP contribution in [0.15, 0.2) is 27.3 Å². The Labute approximate surface area is 104 Å². The molecule has 0 aromatic carbocycles. The molecule has 0 unspecified atom stereocenters. The van der Waals surface area contributed by atoms with Gasteiger partial charge in [-0.2, -0.15) is 0 Å². The van der Waals surface area contributed by atoms with Gasteiger partial charge in [0.25, 0.3) is 0 Å². The molecule has 0 amide bonds. The Bertz CT molecular complexity index is 517. The van der Waals surface area contributed by atoms with Crippen LogP contribution in [0.4, 0.5) is 0 Å². The Balaban J connectivity index is 2.59. The molecule has 2 aromatic rings. The minimum Gasteiger partial charge on any atom is -0.449 e. The summed E-state index contributed by atoms with van der Waals surface area (Å²) in [6.07, 6.45) is 0.940. The summed E-state index contributed by atoms with van der Waals surface area (Å²) in [5.74, 6) is 0.893. The Morgan fingerprint density at radius 1 is 1.31 bits per heavy atom. The van der Waals surface area contributed by atoms with E-state index < -0.39 is 0 Å². The monoisotopic (exact) mass is 279 g/mol. The molecule has 0 N–H and O–H groups in total. The second-order valence-corrected chi connectivity index (χ2v) is 4.61. The number of furan rings is 1. The normalized spacial score (nSPS) is 10.8. The van der Waals surface area contributed by atoms with Crippen molar-refractivity contribution in [3.05, 3.63) is 39.8 Å². The molecule has 84 valence electrons. The zero-order valence-corrected chi connectivity index (χ0v) is 11.3. The molecule has 2 heterocycles. The molecule has 0 atom stereocenters. The molecule has 0 saturated carbocycles. The lowest BCUT2D eigenvalue weighted by atomic mass is 10.0.